The lowest BCUT2D eigenvalue weighted by atomic mass is 10.1. The highest BCUT2D eigenvalue weighted by Crippen LogP contribution is 2.26. The average Bonchev–Trinajstić information content (AvgIpc) is 2.53. The largest absolute Gasteiger partial charge is 0.319 e. The minimum atomic E-state index is -3.32. The third-order valence-electron chi connectivity index (χ3n) is 2.48. The quantitative estimate of drug-likeness (QED) is 0.720. The Morgan fingerprint density at radius 1 is 1.44 bits per heavy atom. The van der Waals surface area contributed by atoms with Gasteiger partial charge < -0.3 is 5.73 Å². The zero-order chi connectivity index (χ0) is 11.8. The Labute approximate surface area is 94.4 Å². The lowest BCUT2D eigenvalue weighted by molar-refractivity contribution is 0.590. The molecule has 0 radical (unpaired) electrons. The Balaban J connectivity index is 2.25. The molecule has 0 spiro atoms. The van der Waals surface area contributed by atoms with E-state index in [2.05, 4.69) is 9.93 Å². The molecule has 1 atom stereocenters. The van der Waals surface area contributed by atoms with Crippen LogP contribution in [-0.4, -0.2) is 20.4 Å². The van der Waals surface area contributed by atoms with Crippen LogP contribution in [0.5, 0.6) is 0 Å². The molecule has 1 aliphatic carbocycles. The number of nitrogens with zero attached hydrogens (tertiary/aromatic N) is 1. The third kappa shape index (κ3) is 2.23. The van der Waals surface area contributed by atoms with Gasteiger partial charge in [-0.3, -0.25) is 0 Å². The zero-order valence-corrected chi connectivity index (χ0v) is 9.66. The van der Waals surface area contributed by atoms with E-state index in [0.29, 0.717) is 12.1 Å². The maximum absolute atomic E-state index is 10.9. The molecule has 16 heavy (non-hydrogen) atoms. The summed E-state index contributed by atoms with van der Waals surface area (Å²) in [5, 5.41) is 3.84. The van der Waals surface area contributed by atoms with Gasteiger partial charge in [-0.1, -0.05) is 24.3 Å². The Hall–Kier alpha value is -1.40. The van der Waals surface area contributed by atoms with Gasteiger partial charge in [-0.05, 0) is 11.1 Å². The zero-order valence-electron chi connectivity index (χ0n) is 8.84. The molecule has 0 fully saturated rings. The van der Waals surface area contributed by atoms with Gasteiger partial charge >= 0.3 is 0 Å². The van der Waals surface area contributed by atoms with Gasteiger partial charge in [0.15, 0.2) is 0 Å². The first-order valence-corrected chi connectivity index (χ1v) is 6.73. The Morgan fingerprint density at radius 3 is 2.75 bits per heavy atom. The molecule has 0 aliphatic heterocycles. The van der Waals surface area contributed by atoms with Crippen molar-refractivity contribution < 1.29 is 8.42 Å². The molecule has 3 N–H and O–H groups in total. The lowest BCUT2D eigenvalue weighted by Gasteiger charge is -2.05. The summed E-state index contributed by atoms with van der Waals surface area (Å²) >= 11 is 0. The summed E-state index contributed by atoms with van der Waals surface area (Å²) in [6.07, 6.45) is 1.66. The number of nitrogens with two attached hydrogens (primary N) is 1. The fraction of sp³-hybridized carbons (Fsp3) is 0.300. The van der Waals surface area contributed by atoms with Crippen LogP contribution >= 0.6 is 0 Å². The highest BCUT2D eigenvalue weighted by atomic mass is 32.2. The molecule has 1 unspecified atom stereocenters. The minimum Gasteiger partial charge on any atom is -0.319 e. The fourth-order valence-electron chi connectivity index (χ4n) is 1.73. The Bertz CT molecular complexity index is 537. The predicted molar refractivity (Wildman–Crippen MR) is 62.5 cm³/mol. The summed E-state index contributed by atoms with van der Waals surface area (Å²) in [6.45, 7) is 0. The molecule has 1 aliphatic rings. The summed E-state index contributed by atoms with van der Waals surface area (Å²) < 4.78 is 21.8. The van der Waals surface area contributed by atoms with Crippen LogP contribution in [0.1, 0.15) is 17.2 Å². The topological polar surface area (TPSA) is 84.5 Å². The second-order valence-corrected chi connectivity index (χ2v) is 5.55. The second-order valence-electron chi connectivity index (χ2n) is 3.82. The molecule has 0 saturated heterocycles. The first-order chi connectivity index (χ1) is 7.47. The van der Waals surface area contributed by atoms with Crippen LogP contribution in [0.25, 0.3) is 0 Å². The van der Waals surface area contributed by atoms with Crippen molar-refractivity contribution in [2.24, 2.45) is 10.8 Å². The lowest BCUT2D eigenvalue weighted by Crippen LogP contribution is -2.23. The van der Waals surface area contributed by atoms with E-state index in [1.807, 2.05) is 24.3 Å². The van der Waals surface area contributed by atoms with Crippen LogP contribution in [-0.2, 0) is 16.4 Å². The summed E-state index contributed by atoms with van der Waals surface area (Å²) in [4.78, 5) is 2.11. The van der Waals surface area contributed by atoms with Crippen LogP contribution in [0.3, 0.4) is 0 Å². The number of rotatable bonds is 2. The molecule has 0 bridgehead atoms. The van der Waals surface area contributed by atoms with Gasteiger partial charge in [0.1, 0.15) is 0 Å². The molecule has 0 aromatic heterocycles. The minimum absolute atomic E-state index is 0.314. The SMILES string of the molecule is CS(=O)(=O)N/N=C1/Cc2ccccc2C1N. The van der Waals surface area contributed by atoms with Crippen molar-refractivity contribution in [3.05, 3.63) is 35.4 Å². The molecular formula is C10H13N3O2S. The van der Waals surface area contributed by atoms with Gasteiger partial charge in [-0.25, -0.2) is 13.2 Å². The molecule has 86 valence electrons. The monoisotopic (exact) mass is 239 g/mol. The number of sulfonamides is 1. The summed E-state index contributed by atoms with van der Waals surface area (Å²) in [7, 11) is -3.32. The van der Waals surface area contributed by atoms with E-state index in [1.54, 1.807) is 0 Å². The van der Waals surface area contributed by atoms with Crippen molar-refractivity contribution in [3.8, 4) is 0 Å². The molecule has 1 aromatic carbocycles. The van der Waals surface area contributed by atoms with E-state index >= 15 is 0 Å². The Kier molecular flexibility index (Phi) is 2.69. The summed E-state index contributed by atoms with van der Waals surface area (Å²) in [5.74, 6) is 0. The van der Waals surface area contributed by atoms with Crippen molar-refractivity contribution in [2.75, 3.05) is 6.26 Å². The van der Waals surface area contributed by atoms with E-state index in [-0.39, 0.29) is 6.04 Å². The van der Waals surface area contributed by atoms with Crippen LogP contribution in [0, 0.1) is 0 Å². The summed E-state index contributed by atoms with van der Waals surface area (Å²) in [5.41, 5.74) is 8.71. The van der Waals surface area contributed by atoms with E-state index in [4.69, 9.17) is 5.73 Å². The van der Waals surface area contributed by atoms with Crippen molar-refractivity contribution >= 4 is 15.7 Å². The third-order valence-corrected chi connectivity index (χ3v) is 2.90. The fourth-order valence-corrected chi connectivity index (χ4v) is 2.02. The van der Waals surface area contributed by atoms with Crippen LogP contribution in [0.2, 0.25) is 0 Å². The normalized spacial score (nSPS) is 22.1. The average molecular weight is 239 g/mol. The highest BCUT2D eigenvalue weighted by Gasteiger charge is 2.25. The maximum atomic E-state index is 10.9. The van der Waals surface area contributed by atoms with E-state index in [9.17, 15) is 8.42 Å². The van der Waals surface area contributed by atoms with Crippen molar-refractivity contribution in [2.45, 2.75) is 12.5 Å². The highest BCUT2D eigenvalue weighted by molar-refractivity contribution is 7.88. The summed E-state index contributed by atoms with van der Waals surface area (Å²) in [6, 6.07) is 7.43. The van der Waals surface area contributed by atoms with Crippen LogP contribution < -0.4 is 10.6 Å². The molecule has 0 saturated carbocycles. The molecule has 5 nitrogen and oxygen atoms in total. The molecule has 1 aromatic rings. The maximum Gasteiger partial charge on any atom is 0.244 e. The number of nitrogens with one attached hydrogen (secondary N) is 1. The molecule has 0 heterocycles. The van der Waals surface area contributed by atoms with Gasteiger partial charge in [0.2, 0.25) is 10.0 Å². The number of hydrogen-bond donors (Lipinski definition) is 2. The standard InChI is InChI=1S/C10H13N3O2S/c1-16(14,15)13-12-9-6-7-4-2-3-5-8(7)10(9)11/h2-5,10,13H,6,11H2,1H3/b12-9-. The van der Waals surface area contributed by atoms with Crippen molar-refractivity contribution in [1.29, 1.82) is 0 Å². The van der Waals surface area contributed by atoms with Gasteiger partial charge in [-0.15, -0.1) is 0 Å². The molecule has 2 rings (SSSR count). The number of fused-ring (bicyclic) bond motifs is 1. The predicted octanol–water partition coefficient (Wildman–Crippen LogP) is 0.148. The number of hydrazone groups is 1. The van der Waals surface area contributed by atoms with E-state index < -0.39 is 10.0 Å². The molecule has 6 heteroatoms. The smallest absolute Gasteiger partial charge is 0.244 e. The number of hydrogen-bond acceptors (Lipinski definition) is 4. The first-order valence-electron chi connectivity index (χ1n) is 4.84. The molecular weight excluding hydrogens is 226 g/mol. The van der Waals surface area contributed by atoms with Gasteiger partial charge in [0.25, 0.3) is 0 Å². The van der Waals surface area contributed by atoms with Crippen molar-refractivity contribution in [1.82, 2.24) is 4.83 Å². The molecule has 0 amide bonds. The second kappa shape index (κ2) is 3.88. The van der Waals surface area contributed by atoms with E-state index in [0.717, 1.165) is 17.4 Å². The Morgan fingerprint density at radius 2 is 2.12 bits per heavy atom. The first kappa shape index (κ1) is 11.1. The van der Waals surface area contributed by atoms with Crippen LogP contribution in [0.4, 0.5) is 0 Å². The van der Waals surface area contributed by atoms with Gasteiger partial charge in [0, 0.05) is 6.42 Å². The van der Waals surface area contributed by atoms with Gasteiger partial charge in [0.05, 0.1) is 18.0 Å². The van der Waals surface area contributed by atoms with Crippen LogP contribution in [0.15, 0.2) is 29.4 Å². The number of benzene rings is 1. The van der Waals surface area contributed by atoms with Crippen molar-refractivity contribution in [3.63, 3.8) is 0 Å². The van der Waals surface area contributed by atoms with Gasteiger partial charge in [-0.2, -0.15) is 5.10 Å². The van der Waals surface area contributed by atoms with E-state index in [1.165, 1.54) is 0 Å².